The number of fused-ring (bicyclic) bond motifs is 1. The number of hydrogen-bond acceptors (Lipinski definition) is 5. The van der Waals surface area contributed by atoms with Gasteiger partial charge < -0.3 is 19.2 Å². The summed E-state index contributed by atoms with van der Waals surface area (Å²) >= 11 is 0. The molecule has 3 aromatic heterocycles. The van der Waals surface area contributed by atoms with Crippen LogP contribution in [-0.4, -0.2) is 40.1 Å². The SMILES string of the molecule is CCOc1cc2nc(C[C@H]3CCOC3)cn2cc1NC(=O)c1cccc(C(F)F)n1. The molecule has 1 atom stereocenters. The lowest BCUT2D eigenvalue weighted by Crippen LogP contribution is -2.16. The Kier molecular flexibility index (Phi) is 5.89. The Morgan fingerprint density at radius 2 is 2.23 bits per heavy atom. The lowest BCUT2D eigenvalue weighted by Gasteiger charge is -2.12. The lowest BCUT2D eigenvalue weighted by molar-refractivity contribution is 0.101. The van der Waals surface area contributed by atoms with Crippen molar-refractivity contribution in [2.75, 3.05) is 25.1 Å². The topological polar surface area (TPSA) is 77.8 Å². The van der Waals surface area contributed by atoms with Gasteiger partial charge in [-0.1, -0.05) is 6.07 Å². The molecule has 3 aromatic rings. The van der Waals surface area contributed by atoms with Gasteiger partial charge in [0.1, 0.15) is 28.5 Å². The van der Waals surface area contributed by atoms with Gasteiger partial charge in [0.2, 0.25) is 0 Å². The van der Waals surface area contributed by atoms with Crippen LogP contribution in [0, 0.1) is 5.92 Å². The Morgan fingerprint density at radius 1 is 1.37 bits per heavy atom. The van der Waals surface area contributed by atoms with Gasteiger partial charge in [0.15, 0.2) is 0 Å². The van der Waals surface area contributed by atoms with Crippen LogP contribution in [0.5, 0.6) is 5.75 Å². The second-order valence-electron chi connectivity index (χ2n) is 7.12. The maximum atomic E-state index is 12.9. The van der Waals surface area contributed by atoms with Crippen LogP contribution in [0.3, 0.4) is 0 Å². The van der Waals surface area contributed by atoms with E-state index in [4.69, 9.17) is 9.47 Å². The summed E-state index contributed by atoms with van der Waals surface area (Å²) in [7, 11) is 0. The van der Waals surface area contributed by atoms with Crippen molar-refractivity contribution in [3.05, 3.63) is 53.7 Å². The molecule has 1 fully saturated rings. The van der Waals surface area contributed by atoms with Crippen LogP contribution in [0.25, 0.3) is 5.65 Å². The van der Waals surface area contributed by atoms with Crippen LogP contribution >= 0.6 is 0 Å². The van der Waals surface area contributed by atoms with Crippen LogP contribution in [0.1, 0.15) is 41.6 Å². The van der Waals surface area contributed by atoms with E-state index in [0.717, 1.165) is 31.7 Å². The number of nitrogens with zero attached hydrogens (tertiary/aromatic N) is 3. The fraction of sp³-hybridized carbons (Fsp3) is 0.381. The van der Waals surface area contributed by atoms with Crippen molar-refractivity contribution in [3.8, 4) is 5.75 Å². The molecule has 0 radical (unpaired) electrons. The summed E-state index contributed by atoms with van der Waals surface area (Å²) in [5.74, 6) is 0.305. The molecule has 0 unspecified atom stereocenters. The number of amides is 1. The van der Waals surface area contributed by atoms with Crippen molar-refractivity contribution in [2.24, 2.45) is 5.92 Å². The molecule has 1 aliphatic heterocycles. The number of hydrogen-bond donors (Lipinski definition) is 1. The third-order valence-corrected chi connectivity index (χ3v) is 4.90. The van der Waals surface area contributed by atoms with E-state index in [0.29, 0.717) is 29.6 Å². The highest BCUT2D eigenvalue weighted by Crippen LogP contribution is 2.28. The fourth-order valence-corrected chi connectivity index (χ4v) is 3.46. The number of imidazole rings is 1. The standard InChI is InChI=1S/C21H22F2N4O3/c1-2-30-18-9-19-24-14(8-13-6-7-29-12-13)10-27(19)11-17(18)26-21(28)16-5-3-4-15(25-16)20(22)23/h3-5,9-11,13,20H,2,6-8,12H2,1H3,(H,26,28)/t13-/m1/s1. The maximum Gasteiger partial charge on any atom is 0.280 e. The van der Waals surface area contributed by atoms with Crippen molar-refractivity contribution in [3.63, 3.8) is 0 Å². The molecule has 0 aromatic carbocycles. The van der Waals surface area contributed by atoms with Crippen molar-refractivity contribution in [1.82, 2.24) is 14.4 Å². The van der Waals surface area contributed by atoms with E-state index < -0.39 is 18.0 Å². The van der Waals surface area contributed by atoms with E-state index in [1.54, 1.807) is 12.3 Å². The summed E-state index contributed by atoms with van der Waals surface area (Å²) in [6, 6.07) is 5.70. The minimum atomic E-state index is -2.75. The predicted molar refractivity (Wildman–Crippen MR) is 106 cm³/mol. The van der Waals surface area contributed by atoms with Crippen molar-refractivity contribution < 1.29 is 23.0 Å². The number of nitrogens with one attached hydrogen (secondary N) is 1. The summed E-state index contributed by atoms with van der Waals surface area (Å²) in [5.41, 5.74) is 1.50. The molecule has 1 N–H and O–H groups in total. The van der Waals surface area contributed by atoms with Gasteiger partial charge in [-0.25, -0.2) is 18.7 Å². The van der Waals surface area contributed by atoms with Crippen molar-refractivity contribution in [1.29, 1.82) is 0 Å². The molecule has 0 aliphatic carbocycles. The second kappa shape index (κ2) is 8.74. The van der Waals surface area contributed by atoms with Crippen molar-refractivity contribution >= 4 is 17.2 Å². The Balaban J connectivity index is 1.60. The summed E-state index contributed by atoms with van der Waals surface area (Å²) in [4.78, 5) is 21.0. The van der Waals surface area contributed by atoms with E-state index in [9.17, 15) is 13.6 Å². The number of carbonyl (C=O) groups excluding carboxylic acids is 1. The Hall–Kier alpha value is -3.07. The number of anilines is 1. The summed E-state index contributed by atoms with van der Waals surface area (Å²) in [6.45, 7) is 3.75. The Bertz CT molecular complexity index is 1050. The third kappa shape index (κ3) is 4.40. The average molecular weight is 416 g/mol. The fourth-order valence-electron chi connectivity index (χ4n) is 3.46. The van der Waals surface area contributed by atoms with E-state index in [1.165, 1.54) is 18.2 Å². The first-order valence-electron chi connectivity index (χ1n) is 9.82. The molecule has 4 rings (SSSR count). The second-order valence-corrected chi connectivity index (χ2v) is 7.12. The number of ether oxygens (including phenoxy) is 2. The summed E-state index contributed by atoms with van der Waals surface area (Å²) in [5, 5.41) is 2.71. The zero-order chi connectivity index (χ0) is 21.1. The molecule has 1 amide bonds. The molecule has 4 heterocycles. The first kappa shape index (κ1) is 20.2. The van der Waals surface area contributed by atoms with Gasteiger partial charge >= 0.3 is 0 Å². The number of carbonyl (C=O) groups is 1. The zero-order valence-electron chi connectivity index (χ0n) is 16.5. The first-order valence-corrected chi connectivity index (χ1v) is 9.82. The summed E-state index contributed by atoms with van der Waals surface area (Å²) < 4.78 is 38.7. The molecular formula is C21H22F2N4O3. The number of rotatable bonds is 7. The quantitative estimate of drug-likeness (QED) is 0.632. The molecule has 7 nitrogen and oxygen atoms in total. The molecular weight excluding hydrogens is 394 g/mol. The van der Waals surface area contributed by atoms with Crippen LogP contribution in [0.2, 0.25) is 0 Å². The molecule has 9 heteroatoms. The number of aromatic nitrogens is 3. The molecule has 1 saturated heterocycles. The van der Waals surface area contributed by atoms with E-state index in [2.05, 4.69) is 15.3 Å². The molecule has 0 saturated carbocycles. The van der Waals surface area contributed by atoms with E-state index in [-0.39, 0.29) is 5.69 Å². The molecule has 0 spiro atoms. The van der Waals surface area contributed by atoms with Gasteiger partial charge in [0.05, 0.1) is 12.3 Å². The highest BCUT2D eigenvalue weighted by molar-refractivity contribution is 6.03. The van der Waals surface area contributed by atoms with E-state index >= 15 is 0 Å². The molecule has 158 valence electrons. The Morgan fingerprint density at radius 3 is 2.97 bits per heavy atom. The predicted octanol–water partition coefficient (Wildman–Crippen LogP) is 3.90. The van der Waals surface area contributed by atoms with Crippen LogP contribution < -0.4 is 10.1 Å². The lowest BCUT2D eigenvalue weighted by atomic mass is 10.0. The minimum absolute atomic E-state index is 0.0945. The van der Waals surface area contributed by atoms with Crippen LogP contribution in [0.4, 0.5) is 14.5 Å². The third-order valence-electron chi connectivity index (χ3n) is 4.90. The first-order chi connectivity index (χ1) is 14.5. The van der Waals surface area contributed by atoms with Gasteiger partial charge in [0.25, 0.3) is 12.3 Å². The largest absolute Gasteiger partial charge is 0.491 e. The summed E-state index contributed by atoms with van der Waals surface area (Å²) in [6.07, 6.45) is 2.70. The van der Waals surface area contributed by atoms with Gasteiger partial charge in [-0.3, -0.25) is 4.79 Å². The number of pyridine rings is 2. The van der Waals surface area contributed by atoms with Crippen molar-refractivity contribution in [2.45, 2.75) is 26.2 Å². The average Bonchev–Trinajstić information content (AvgIpc) is 3.38. The van der Waals surface area contributed by atoms with Gasteiger partial charge in [0, 0.05) is 31.7 Å². The number of alkyl halides is 2. The molecule has 1 aliphatic rings. The number of halogens is 2. The molecule has 0 bridgehead atoms. The van der Waals surface area contributed by atoms with Gasteiger partial charge in [-0.2, -0.15) is 0 Å². The Labute approximate surface area is 172 Å². The molecule has 30 heavy (non-hydrogen) atoms. The minimum Gasteiger partial charge on any atom is -0.491 e. The normalized spacial score (nSPS) is 16.3. The highest BCUT2D eigenvalue weighted by Gasteiger charge is 2.19. The van der Waals surface area contributed by atoms with Crippen LogP contribution in [-0.2, 0) is 11.2 Å². The highest BCUT2D eigenvalue weighted by atomic mass is 19.3. The monoisotopic (exact) mass is 416 g/mol. The van der Waals surface area contributed by atoms with Gasteiger partial charge in [-0.15, -0.1) is 0 Å². The zero-order valence-corrected chi connectivity index (χ0v) is 16.5. The van der Waals surface area contributed by atoms with E-state index in [1.807, 2.05) is 17.5 Å². The maximum absolute atomic E-state index is 12.9. The smallest absolute Gasteiger partial charge is 0.280 e. The van der Waals surface area contributed by atoms with Gasteiger partial charge in [-0.05, 0) is 37.8 Å². The van der Waals surface area contributed by atoms with Crippen LogP contribution in [0.15, 0.2) is 36.7 Å².